The fourth-order valence-electron chi connectivity index (χ4n) is 3.51. The smallest absolute Gasteiger partial charge is 0.220 e. The Kier molecular flexibility index (Phi) is 8.71. The molecular weight excluding hydrogens is 330 g/mol. The van der Waals surface area contributed by atoms with Crippen molar-refractivity contribution in [2.24, 2.45) is 11.7 Å². The van der Waals surface area contributed by atoms with Gasteiger partial charge >= 0.3 is 0 Å². The van der Waals surface area contributed by atoms with E-state index in [0.29, 0.717) is 26.1 Å². The van der Waals surface area contributed by atoms with Crippen molar-refractivity contribution in [2.75, 3.05) is 26.3 Å². The molecule has 1 amide bonds. The van der Waals surface area contributed by atoms with Gasteiger partial charge < -0.3 is 15.3 Å². The lowest BCUT2D eigenvalue weighted by Gasteiger charge is -2.35. The summed E-state index contributed by atoms with van der Waals surface area (Å²) in [6.07, 6.45) is 6.61. The van der Waals surface area contributed by atoms with E-state index in [4.69, 9.17) is 10.5 Å². The van der Waals surface area contributed by atoms with Crippen LogP contribution in [0.5, 0.6) is 0 Å². The maximum Gasteiger partial charge on any atom is 0.220 e. The Labute approximate surface area is 156 Å². The highest BCUT2D eigenvalue weighted by Gasteiger charge is 2.28. The summed E-state index contributed by atoms with van der Waals surface area (Å²) in [5, 5.41) is 0. The number of aromatic nitrogens is 1. The van der Waals surface area contributed by atoms with Gasteiger partial charge in [0.1, 0.15) is 5.78 Å². The Balaban J connectivity index is 1.98. The minimum atomic E-state index is -0.245. The van der Waals surface area contributed by atoms with E-state index in [9.17, 15) is 9.59 Å². The fourth-order valence-corrected chi connectivity index (χ4v) is 3.51. The predicted molar refractivity (Wildman–Crippen MR) is 100 cm³/mol. The Morgan fingerprint density at radius 3 is 2.62 bits per heavy atom. The molecule has 1 fully saturated rings. The van der Waals surface area contributed by atoms with E-state index in [1.54, 1.807) is 13.1 Å². The second-order valence-electron chi connectivity index (χ2n) is 7.06. The quantitative estimate of drug-likeness (QED) is 0.612. The van der Waals surface area contributed by atoms with Crippen LogP contribution in [0.15, 0.2) is 24.4 Å². The van der Waals surface area contributed by atoms with E-state index in [0.717, 1.165) is 44.5 Å². The number of rotatable bonds is 11. The first kappa shape index (κ1) is 20.5. The van der Waals surface area contributed by atoms with Crippen LogP contribution in [-0.2, 0) is 14.3 Å². The highest BCUT2D eigenvalue weighted by Crippen LogP contribution is 2.29. The van der Waals surface area contributed by atoms with Gasteiger partial charge in [0.05, 0.1) is 24.9 Å². The molecule has 0 aliphatic carbocycles. The molecule has 1 aromatic rings. The lowest BCUT2D eigenvalue weighted by Crippen LogP contribution is -2.41. The zero-order valence-corrected chi connectivity index (χ0v) is 15.7. The normalized spacial score (nSPS) is 17.6. The molecule has 1 aromatic heterocycles. The molecule has 6 heteroatoms. The van der Waals surface area contributed by atoms with Crippen LogP contribution < -0.4 is 5.73 Å². The number of amides is 1. The van der Waals surface area contributed by atoms with Crippen LogP contribution in [-0.4, -0.2) is 47.9 Å². The van der Waals surface area contributed by atoms with Crippen LogP contribution in [0.2, 0.25) is 0 Å². The molecule has 0 spiro atoms. The van der Waals surface area contributed by atoms with Gasteiger partial charge in [-0.3, -0.25) is 14.7 Å². The first-order valence-corrected chi connectivity index (χ1v) is 9.59. The van der Waals surface area contributed by atoms with Gasteiger partial charge in [-0.25, -0.2) is 0 Å². The van der Waals surface area contributed by atoms with Crippen LogP contribution in [0.3, 0.4) is 0 Å². The number of Topliss-reactive ketones (excluding diaryl/α,β-unsaturated/α-hetero) is 1. The molecule has 2 N–H and O–H groups in total. The Bertz CT molecular complexity index is 559. The van der Waals surface area contributed by atoms with Crippen LogP contribution >= 0.6 is 0 Å². The maximum absolute atomic E-state index is 12.0. The van der Waals surface area contributed by atoms with Crippen LogP contribution in [0.25, 0.3) is 0 Å². The molecule has 0 radical (unpaired) electrons. The summed E-state index contributed by atoms with van der Waals surface area (Å²) in [6, 6.07) is 5.98. The lowest BCUT2D eigenvalue weighted by molar-refractivity contribution is -0.123. The minimum absolute atomic E-state index is 0.0785. The summed E-state index contributed by atoms with van der Waals surface area (Å²) in [4.78, 5) is 29.9. The summed E-state index contributed by atoms with van der Waals surface area (Å²) in [5.74, 6) is -0.202. The molecule has 144 valence electrons. The van der Waals surface area contributed by atoms with Crippen LogP contribution in [0.4, 0.5) is 0 Å². The zero-order chi connectivity index (χ0) is 18.8. The molecule has 2 unspecified atom stereocenters. The topological polar surface area (TPSA) is 85.5 Å². The van der Waals surface area contributed by atoms with Gasteiger partial charge in [-0.05, 0) is 38.3 Å². The molecule has 0 saturated carbocycles. The summed E-state index contributed by atoms with van der Waals surface area (Å²) >= 11 is 0. The van der Waals surface area contributed by atoms with E-state index in [1.165, 1.54) is 0 Å². The maximum atomic E-state index is 12.0. The first-order chi connectivity index (χ1) is 12.6. The van der Waals surface area contributed by atoms with Gasteiger partial charge in [-0.15, -0.1) is 0 Å². The second kappa shape index (κ2) is 11.0. The summed E-state index contributed by atoms with van der Waals surface area (Å²) in [5.41, 5.74) is 6.68. The third kappa shape index (κ3) is 6.84. The summed E-state index contributed by atoms with van der Waals surface area (Å²) in [7, 11) is 0. The Morgan fingerprint density at radius 2 is 2.00 bits per heavy atom. The van der Waals surface area contributed by atoms with Crippen molar-refractivity contribution in [2.45, 2.75) is 51.5 Å². The highest BCUT2D eigenvalue weighted by molar-refractivity contribution is 5.76. The largest absolute Gasteiger partial charge is 0.379 e. The molecule has 6 nitrogen and oxygen atoms in total. The molecular formula is C20H31N3O3. The zero-order valence-electron chi connectivity index (χ0n) is 15.7. The summed E-state index contributed by atoms with van der Waals surface area (Å²) in [6.45, 7) is 4.70. The van der Waals surface area contributed by atoms with Crippen molar-refractivity contribution in [1.29, 1.82) is 0 Å². The summed E-state index contributed by atoms with van der Waals surface area (Å²) < 4.78 is 5.47. The molecule has 1 saturated heterocycles. The van der Waals surface area contributed by atoms with Crippen LogP contribution in [0.1, 0.15) is 57.2 Å². The number of hydrogen-bond acceptors (Lipinski definition) is 5. The molecule has 2 atom stereocenters. The van der Waals surface area contributed by atoms with Crippen LogP contribution in [0, 0.1) is 5.92 Å². The van der Waals surface area contributed by atoms with Gasteiger partial charge in [-0.2, -0.15) is 0 Å². The molecule has 26 heavy (non-hydrogen) atoms. The number of ether oxygens (including phenoxy) is 1. The van der Waals surface area contributed by atoms with Gasteiger partial charge in [-0.1, -0.05) is 18.9 Å². The minimum Gasteiger partial charge on any atom is -0.379 e. The van der Waals surface area contributed by atoms with Gasteiger partial charge in [0.15, 0.2) is 0 Å². The fraction of sp³-hybridized carbons (Fsp3) is 0.650. The van der Waals surface area contributed by atoms with Gasteiger partial charge in [0, 0.05) is 31.6 Å². The van der Waals surface area contributed by atoms with E-state index < -0.39 is 0 Å². The molecule has 0 bridgehead atoms. The highest BCUT2D eigenvalue weighted by atomic mass is 16.5. The average Bonchev–Trinajstić information content (AvgIpc) is 2.65. The van der Waals surface area contributed by atoms with E-state index in [2.05, 4.69) is 9.88 Å². The number of morpholine rings is 1. The Hall–Kier alpha value is -1.79. The van der Waals surface area contributed by atoms with E-state index in [-0.39, 0.29) is 23.7 Å². The third-order valence-corrected chi connectivity index (χ3v) is 5.01. The lowest BCUT2D eigenvalue weighted by atomic mass is 9.90. The number of primary amides is 1. The first-order valence-electron chi connectivity index (χ1n) is 9.59. The Morgan fingerprint density at radius 1 is 1.23 bits per heavy atom. The third-order valence-electron chi connectivity index (χ3n) is 5.01. The molecule has 0 aromatic carbocycles. The van der Waals surface area contributed by atoms with Crippen molar-refractivity contribution >= 4 is 11.7 Å². The monoisotopic (exact) mass is 361 g/mol. The number of carbonyl (C=O) groups excluding carboxylic acids is 2. The number of hydrogen-bond donors (Lipinski definition) is 1. The molecule has 1 aliphatic rings. The van der Waals surface area contributed by atoms with Crippen molar-refractivity contribution < 1.29 is 14.3 Å². The van der Waals surface area contributed by atoms with Crippen molar-refractivity contribution in [3.63, 3.8) is 0 Å². The molecule has 2 heterocycles. The van der Waals surface area contributed by atoms with Gasteiger partial charge in [0.25, 0.3) is 0 Å². The number of carbonyl (C=O) groups is 2. The van der Waals surface area contributed by atoms with E-state index >= 15 is 0 Å². The van der Waals surface area contributed by atoms with Crippen molar-refractivity contribution in [1.82, 2.24) is 9.88 Å². The molecule has 1 aliphatic heterocycles. The number of ketones is 1. The van der Waals surface area contributed by atoms with Crippen molar-refractivity contribution in [3.8, 4) is 0 Å². The standard InChI is InChI=1S/C20H31N3O3/c1-16(24)7-3-2-4-8-17(20(21)25)15-19(18-9-5-6-10-22-18)23-11-13-26-14-12-23/h5-6,9-10,17,19H,2-4,7-8,11-15H2,1H3,(H2,21,25). The van der Waals surface area contributed by atoms with Crippen molar-refractivity contribution in [3.05, 3.63) is 30.1 Å². The van der Waals surface area contributed by atoms with E-state index in [1.807, 2.05) is 18.2 Å². The number of nitrogens with zero attached hydrogens (tertiary/aromatic N) is 2. The second-order valence-corrected chi connectivity index (χ2v) is 7.06. The number of pyridine rings is 1. The predicted octanol–water partition coefficient (Wildman–Crippen LogP) is 2.49. The van der Waals surface area contributed by atoms with Gasteiger partial charge in [0.2, 0.25) is 5.91 Å². The number of unbranched alkanes of at least 4 members (excludes halogenated alkanes) is 2. The number of nitrogens with two attached hydrogens (primary N) is 1. The molecule has 2 rings (SSSR count). The average molecular weight is 361 g/mol. The SMILES string of the molecule is CC(=O)CCCCCC(CC(c1ccccn1)N1CCOCC1)C(N)=O.